The van der Waals surface area contributed by atoms with Crippen molar-refractivity contribution in [3.05, 3.63) is 35.4 Å². The van der Waals surface area contributed by atoms with E-state index in [2.05, 4.69) is 15.9 Å². The zero-order valence-corrected chi connectivity index (χ0v) is 9.02. The predicted molar refractivity (Wildman–Crippen MR) is 58.2 cm³/mol. The molecule has 0 fully saturated rings. The van der Waals surface area contributed by atoms with Gasteiger partial charge in [-0.1, -0.05) is 28.1 Å². The van der Waals surface area contributed by atoms with Crippen LogP contribution in [0.3, 0.4) is 0 Å². The van der Waals surface area contributed by atoms with Crippen molar-refractivity contribution in [1.82, 2.24) is 0 Å². The molecule has 76 valence electrons. The largest absolute Gasteiger partial charge is 0.398 e. The Morgan fingerprint density at radius 3 is 2.64 bits per heavy atom. The summed E-state index contributed by atoms with van der Waals surface area (Å²) < 4.78 is 25.8. The van der Waals surface area contributed by atoms with Gasteiger partial charge in [0.2, 0.25) is 0 Å². The number of rotatable bonds is 3. The monoisotopic (exact) mass is 261 g/mol. The number of halogens is 3. The van der Waals surface area contributed by atoms with Crippen molar-refractivity contribution in [2.24, 2.45) is 0 Å². The van der Waals surface area contributed by atoms with Crippen molar-refractivity contribution in [3.8, 4) is 0 Å². The Hall–Kier alpha value is -0.900. The highest BCUT2D eigenvalue weighted by atomic mass is 79.9. The Morgan fingerprint density at radius 2 is 2.07 bits per heavy atom. The highest BCUT2D eigenvalue weighted by Crippen LogP contribution is 2.19. The van der Waals surface area contributed by atoms with Crippen molar-refractivity contribution in [3.63, 3.8) is 0 Å². The van der Waals surface area contributed by atoms with Gasteiger partial charge < -0.3 is 5.73 Å². The summed E-state index contributed by atoms with van der Waals surface area (Å²) in [7, 11) is 0. The molecule has 1 aromatic rings. The Balaban J connectivity index is 2.96. The van der Waals surface area contributed by atoms with Crippen molar-refractivity contribution in [2.45, 2.75) is 6.42 Å². The first-order valence-corrected chi connectivity index (χ1v) is 5.24. The molecule has 0 atom stereocenters. The van der Waals surface area contributed by atoms with E-state index < -0.39 is 11.6 Å². The molecule has 1 aromatic carbocycles. The fraction of sp³-hybridized carbons (Fsp3) is 0.200. The Kier molecular flexibility index (Phi) is 4.07. The van der Waals surface area contributed by atoms with Crippen molar-refractivity contribution in [2.75, 3.05) is 11.1 Å². The highest BCUT2D eigenvalue weighted by Gasteiger charge is 2.05. The van der Waals surface area contributed by atoms with E-state index in [4.69, 9.17) is 5.73 Å². The van der Waals surface area contributed by atoms with E-state index in [1.807, 2.05) is 0 Å². The van der Waals surface area contributed by atoms with Gasteiger partial charge >= 0.3 is 0 Å². The fourth-order valence-electron chi connectivity index (χ4n) is 1.04. The van der Waals surface area contributed by atoms with Crippen LogP contribution in [0.25, 0.3) is 6.08 Å². The van der Waals surface area contributed by atoms with Crippen LogP contribution in [0.2, 0.25) is 0 Å². The van der Waals surface area contributed by atoms with Crippen LogP contribution in [0, 0.1) is 11.6 Å². The highest BCUT2D eigenvalue weighted by molar-refractivity contribution is 9.09. The van der Waals surface area contributed by atoms with Crippen LogP contribution in [0.4, 0.5) is 14.5 Å². The maximum atomic E-state index is 13.2. The van der Waals surface area contributed by atoms with E-state index in [9.17, 15) is 8.78 Å². The zero-order valence-electron chi connectivity index (χ0n) is 7.43. The van der Waals surface area contributed by atoms with E-state index >= 15 is 0 Å². The van der Waals surface area contributed by atoms with Gasteiger partial charge in [0.1, 0.15) is 11.6 Å². The lowest BCUT2D eigenvalue weighted by Crippen LogP contribution is -1.94. The first kappa shape index (κ1) is 11.2. The molecule has 1 rings (SSSR count). The number of allylic oxidation sites excluding steroid dienone is 1. The number of alkyl halides is 1. The first-order chi connectivity index (χ1) is 6.65. The molecule has 14 heavy (non-hydrogen) atoms. The molecular weight excluding hydrogens is 252 g/mol. The average Bonchev–Trinajstić information content (AvgIpc) is 2.09. The Morgan fingerprint density at radius 1 is 1.36 bits per heavy atom. The summed E-state index contributed by atoms with van der Waals surface area (Å²) in [4.78, 5) is 0. The second-order valence-electron chi connectivity index (χ2n) is 2.77. The van der Waals surface area contributed by atoms with Crippen LogP contribution < -0.4 is 5.73 Å². The summed E-state index contributed by atoms with van der Waals surface area (Å²) in [6, 6.07) is 1.93. The van der Waals surface area contributed by atoms with E-state index in [1.165, 1.54) is 0 Å². The molecule has 0 saturated heterocycles. The molecule has 4 heteroatoms. The second kappa shape index (κ2) is 5.10. The maximum absolute atomic E-state index is 13.2. The average molecular weight is 262 g/mol. The van der Waals surface area contributed by atoms with Gasteiger partial charge in [0.25, 0.3) is 0 Å². The van der Waals surface area contributed by atoms with Gasteiger partial charge in [-0.2, -0.15) is 0 Å². The van der Waals surface area contributed by atoms with Crippen LogP contribution in [0.15, 0.2) is 18.2 Å². The Bertz CT molecular complexity index is 327. The molecule has 2 N–H and O–H groups in total. The summed E-state index contributed by atoms with van der Waals surface area (Å²) in [5.74, 6) is -1.29. The second-order valence-corrected chi connectivity index (χ2v) is 3.56. The SMILES string of the molecule is Nc1cc(F)cc(F)c1C=CCCBr. The number of hydrogen-bond donors (Lipinski definition) is 1. The molecule has 0 aliphatic carbocycles. The lowest BCUT2D eigenvalue weighted by Gasteiger charge is -2.02. The third kappa shape index (κ3) is 2.80. The molecule has 0 unspecified atom stereocenters. The van der Waals surface area contributed by atoms with E-state index in [1.54, 1.807) is 12.2 Å². The topological polar surface area (TPSA) is 26.0 Å². The van der Waals surface area contributed by atoms with Gasteiger partial charge in [-0.15, -0.1) is 0 Å². The third-order valence-corrected chi connectivity index (χ3v) is 2.14. The maximum Gasteiger partial charge on any atom is 0.135 e. The van der Waals surface area contributed by atoms with E-state index in [0.717, 1.165) is 23.9 Å². The van der Waals surface area contributed by atoms with Crippen LogP contribution in [0.5, 0.6) is 0 Å². The molecular formula is C10H10BrF2N. The molecule has 0 radical (unpaired) electrons. The minimum atomic E-state index is -0.655. The summed E-state index contributed by atoms with van der Waals surface area (Å²) >= 11 is 3.24. The van der Waals surface area contributed by atoms with E-state index in [-0.39, 0.29) is 11.3 Å². The number of benzene rings is 1. The summed E-state index contributed by atoms with van der Waals surface area (Å²) in [5, 5.41) is 0.798. The van der Waals surface area contributed by atoms with Crippen LogP contribution in [0.1, 0.15) is 12.0 Å². The molecule has 0 aromatic heterocycles. The quantitative estimate of drug-likeness (QED) is 0.656. The summed E-state index contributed by atoms with van der Waals surface area (Å²) in [6.07, 6.45) is 4.11. The van der Waals surface area contributed by atoms with Crippen LogP contribution >= 0.6 is 15.9 Å². The summed E-state index contributed by atoms with van der Waals surface area (Å²) in [6.45, 7) is 0. The lowest BCUT2D eigenvalue weighted by molar-refractivity contribution is 0.583. The molecule has 0 aliphatic heterocycles. The number of nitrogens with two attached hydrogens (primary N) is 1. The summed E-state index contributed by atoms with van der Waals surface area (Å²) in [5.41, 5.74) is 5.82. The van der Waals surface area contributed by atoms with Gasteiger partial charge in [0.15, 0.2) is 0 Å². The fourth-order valence-corrected chi connectivity index (χ4v) is 1.31. The first-order valence-electron chi connectivity index (χ1n) is 4.12. The van der Waals surface area contributed by atoms with Crippen LogP contribution in [-0.4, -0.2) is 5.33 Å². The number of nitrogen functional groups attached to an aromatic ring is 1. The molecule has 0 bridgehead atoms. The third-order valence-electron chi connectivity index (χ3n) is 1.69. The Labute approximate surface area is 89.7 Å². The molecule has 0 amide bonds. The zero-order chi connectivity index (χ0) is 10.6. The van der Waals surface area contributed by atoms with Gasteiger partial charge in [0.05, 0.1) is 0 Å². The van der Waals surface area contributed by atoms with E-state index in [0.29, 0.717) is 0 Å². The molecule has 0 spiro atoms. The predicted octanol–water partition coefficient (Wildman–Crippen LogP) is 3.35. The molecule has 0 aliphatic rings. The van der Waals surface area contributed by atoms with Crippen molar-refractivity contribution < 1.29 is 8.78 Å². The standard InChI is InChI=1S/C10H10BrF2N/c11-4-2-1-3-8-9(13)5-7(12)6-10(8)14/h1,3,5-6H,2,4,14H2. The van der Waals surface area contributed by atoms with Gasteiger partial charge in [0, 0.05) is 22.6 Å². The van der Waals surface area contributed by atoms with Crippen molar-refractivity contribution in [1.29, 1.82) is 0 Å². The normalized spacial score (nSPS) is 11.1. The molecule has 0 heterocycles. The number of anilines is 1. The minimum absolute atomic E-state index is 0.119. The molecule has 0 saturated carbocycles. The lowest BCUT2D eigenvalue weighted by atomic mass is 10.1. The smallest absolute Gasteiger partial charge is 0.135 e. The van der Waals surface area contributed by atoms with Gasteiger partial charge in [-0.25, -0.2) is 8.78 Å². The van der Waals surface area contributed by atoms with Gasteiger partial charge in [-0.05, 0) is 12.5 Å². The van der Waals surface area contributed by atoms with Crippen LogP contribution in [-0.2, 0) is 0 Å². The van der Waals surface area contributed by atoms with Crippen molar-refractivity contribution >= 4 is 27.7 Å². The number of hydrogen-bond acceptors (Lipinski definition) is 1. The minimum Gasteiger partial charge on any atom is -0.398 e. The molecule has 1 nitrogen and oxygen atoms in total. The van der Waals surface area contributed by atoms with Gasteiger partial charge in [-0.3, -0.25) is 0 Å².